The molecule has 1 aromatic heterocycles. The van der Waals surface area contributed by atoms with E-state index in [0.717, 1.165) is 53.6 Å². The van der Waals surface area contributed by atoms with Crippen LogP contribution < -0.4 is 5.32 Å². The molecule has 7 heteroatoms. The fourth-order valence-electron chi connectivity index (χ4n) is 3.88. The zero-order valence-electron chi connectivity index (χ0n) is 20.5. The normalized spacial score (nSPS) is 11.5. The van der Waals surface area contributed by atoms with Crippen LogP contribution in [0.2, 0.25) is 5.02 Å². The van der Waals surface area contributed by atoms with Gasteiger partial charge in [-0.2, -0.15) is 0 Å². The van der Waals surface area contributed by atoms with Gasteiger partial charge in [0.05, 0.1) is 12.1 Å². The van der Waals surface area contributed by atoms with Crippen LogP contribution in [0.4, 0.5) is 5.82 Å². The average molecular weight is 506 g/mol. The molecular formula is C28H32ClN5S. The van der Waals surface area contributed by atoms with Gasteiger partial charge in [-0.3, -0.25) is 4.90 Å². The van der Waals surface area contributed by atoms with Gasteiger partial charge in [0, 0.05) is 33.3 Å². The molecule has 0 atom stereocenters. The molecular weight excluding hydrogens is 474 g/mol. The monoisotopic (exact) mass is 505 g/mol. The van der Waals surface area contributed by atoms with Crippen molar-refractivity contribution in [1.82, 2.24) is 19.8 Å². The van der Waals surface area contributed by atoms with E-state index in [9.17, 15) is 0 Å². The van der Waals surface area contributed by atoms with E-state index in [1.165, 1.54) is 15.4 Å². The summed E-state index contributed by atoms with van der Waals surface area (Å²) in [7, 11) is 6.31. The highest BCUT2D eigenvalue weighted by Gasteiger charge is 2.12. The standard InChI is InChI=1S/C28H32ClN5S/c1-33(2)18-8-17-30-28-24-10-5-6-11-25(24)31-27(32-28)20-34(3)19-21-9-4-7-12-26(21)35-23-15-13-22(29)14-16-23/h4-7,9-16H,8,17-20H2,1-3H3,(H,30,31,32). The molecule has 1 N–H and O–H groups in total. The Morgan fingerprint density at radius 1 is 0.857 bits per heavy atom. The number of halogens is 1. The first kappa shape index (κ1) is 25.5. The van der Waals surface area contributed by atoms with Crippen LogP contribution in [0.25, 0.3) is 10.9 Å². The molecule has 5 nitrogen and oxygen atoms in total. The molecule has 0 aliphatic carbocycles. The van der Waals surface area contributed by atoms with E-state index in [1.807, 2.05) is 24.3 Å². The summed E-state index contributed by atoms with van der Waals surface area (Å²) in [4.78, 5) is 16.6. The fraction of sp³-hybridized carbons (Fsp3) is 0.286. The Kier molecular flexibility index (Phi) is 8.99. The van der Waals surface area contributed by atoms with Gasteiger partial charge in [-0.05, 0) is 82.1 Å². The maximum Gasteiger partial charge on any atom is 0.145 e. The molecule has 4 aromatic rings. The summed E-state index contributed by atoms with van der Waals surface area (Å²) < 4.78 is 0. The van der Waals surface area contributed by atoms with Gasteiger partial charge in [0.2, 0.25) is 0 Å². The molecule has 3 aromatic carbocycles. The average Bonchev–Trinajstić information content (AvgIpc) is 2.84. The molecule has 0 radical (unpaired) electrons. The molecule has 0 saturated carbocycles. The van der Waals surface area contributed by atoms with Crippen molar-refractivity contribution in [3.8, 4) is 0 Å². The summed E-state index contributed by atoms with van der Waals surface area (Å²) in [6, 6.07) is 24.7. The lowest BCUT2D eigenvalue weighted by Crippen LogP contribution is -2.20. The number of aromatic nitrogens is 2. The summed E-state index contributed by atoms with van der Waals surface area (Å²) in [5.41, 5.74) is 2.25. The number of benzene rings is 3. The summed E-state index contributed by atoms with van der Waals surface area (Å²) in [5.74, 6) is 1.74. The third-order valence-electron chi connectivity index (χ3n) is 5.59. The van der Waals surface area contributed by atoms with Crippen molar-refractivity contribution in [3.05, 3.63) is 89.2 Å². The minimum absolute atomic E-state index is 0.664. The predicted molar refractivity (Wildman–Crippen MR) is 148 cm³/mol. The predicted octanol–water partition coefficient (Wildman–Crippen LogP) is 6.43. The Bertz CT molecular complexity index is 1250. The van der Waals surface area contributed by atoms with Crippen LogP contribution in [0.1, 0.15) is 17.8 Å². The van der Waals surface area contributed by atoms with E-state index < -0.39 is 0 Å². The molecule has 0 bridgehead atoms. The van der Waals surface area contributed by atoms with Gasteiger partial charge < -0.3 is 10.2 Å². The van der Waals surface area contributed by atoms with Crippen molar-refractivity contribution in [1.29, 1.82) is 0 Å². The van der Waals surface area contributed by atoms with Crippen LogP contribution in [0, 0.1) is 0 Å². The lowest BCUT2D eigenvalue weighted by Gasteiger charge is -2.19. The fourth-order valence-corrected chi connectivity index (χ4v) is 4.95. The quantitative estimate of drug-likeness (QED) is 0.237. The second-order valence-electron chi connectivity index (χ2n) is 8.93. The zero-order valence-corrected chi connectivity index (χ0v) is 22.1. The maximum atomic E-state index is 6.05. The molecule has 0 amide bonds. The number of para-hydroxylation sites is 1. The molecule has 0 unspecified atom stereocenters. The number of anilines is 1. The second kappa shape index (κ2) is 12.4. The highest BCUT2D eigenvalue weighted by molar-refractivity contribution is 7.99. The van der Waals surface area contributed by atoms with Crippen molar-refractivity contribution in [3.63, 3.8) is 0 Å². The number of hydrogen-bond donors (Lipinski definition) is 1. The van der Waals surface area contributed by atoms with E-state index in [-0.39, 0.29) is 0 Å². The third-order valence-corrected chi connectivity index (χ3v) is 6.97. The van der Waals surface area contributed by atoms with Crippen LogP contribution in [0.15, 0.2) is 82.6 Å². The first-order chi connectivity index (χ1) is 17.0. The number of hydrogen-bond acceptors (Lipinski definition) is 6. The number of rotatable bonds is 11. The van der Waals surface area contributed by atoms with E-state index >= 15 is 0 Å². The van der Waals surface area contributed by atoms with Crippen LogP contribution in [-0.4, -0.2) is 54.0 Å². The van der Waals surface area contributed by atoms with Crippen molar-refractivity contribution in [2.75, 3.05) is 39.5 Å². The van der Waals surface area contributed by atoms with Gasteiger partial charge >= 0.3 is 0 Å². The van der Waals surface area contributed by atoms with Crippen molar-refractivity contribution >= 4 is 40.1 Å². The summed E-state index contributed by atoms with van der Waals surface area (Å²) in [6.45, 7) is 3.39. The van der Waals surface area contributed by atoms with E-state index in [1.54, 1.807) is 11.8 Å². The van der Waals surface area contributed by atoms with Crippen molar-refractivity contribution in [2.45, 2.75) is 29.3 Å². The molecule has 0 aliphatic heterocycles. The highest BCUT2D eigenvalue weighted by atomic mass is 35.5. The number of nitrogens with one attached hydrogen (secondary N) is 1. The Balaban J connectivity index is 1.47. The van der Waals surface area contributed by atoms with Gasteiger partial charge in [0.1, 0.15) is 11.6 Å². The molecule has 0 aliphatic rings. The smallest absolute Gasteiger partial charge is 0.145 e. The zero-order chi connectivity index (χ0) is 24.6. The molecule has 1 heterocycles. The first-order valence-corrected chi connectivity index (χ1v) is 13.0. The summed E-state index contributed by atoms with van der Waals surface area (Å²) >= 11 is 7.81. The maximum absolute atomic E-state index is 6.05. The van der Waals surface area contributed by atoms with Gasteiger partial charge in [0.25, 0.3) is 0 Å². The molecule has 182 valence electrons. The van der Waals surface area contributed by atoms with Crippen LogP contribution in [0.3, 0.4) is 0 Å². The van der Waals surface area contributed by atoms with E-state index in [0.29, 0.717) is 6.54 Å². The molecule has 35 heavy (non-hydrogen) atoms. The highest BCUT2D eigenvalue weighted by Crippen LogP contribution is 2.32. The van der Waals surface area contributed by atoms with Gasteiger partial charge in [-0.15, -0.1) is 0 Å². The van der Waals surface area contributed by atoms with Gasteiger partial charge in [0.15, 0.2) is 0 Å². The van der Waals surface area contributed by atoms with E-state index in [4.69, 9.17) is 21.6 Å². The topological polar surface area (TPSA) is 44.3 Å². The minimum atomic E-state index is 0.664. The Labute approximate surface area is 217 Å². The third kappa shape index (κ3) is 7.42. The largest absolute Gasteiger partial charge is 0.369 e. The lowest BCUT2D eigenvalue weighted by atomic mass is 10.2. The Morgan fingerprint density at radius 3 is 2.40 bits per heavy atom. The SMILES string of the molecule is CN(C)CCCNc1nc(CN(C)Cc2ccccc2Sc2ccc(Cl)cc2)nc2ccccc12. The van der Waals surface area contributed by atoms with Crippen molar-refractivity contribution in [2.24, 2.45) is 0 Å². The van der Waals surface area contributed by atoms with Crippen LogP contribution >= 0.6 is 23.4 Å². The van der Waals surface area contributed by atoms with Crippen LogP contribution in [-0.2, 0) is 13.1 Å². The number of nitrogens with zero attached hydrogens (tertiary/aromatic N) is 4. The Morgan fingerprint density at radius 2 is 1.60 bits per heavy atom. The molecule has 4 rings (SSSR count). The molecule has 0 fully saturated rings. The number of fused-ring (bicyclic) bond motifs is 1. The van der Waals surface area contributed by atoms with Gasteiger partial charge in [-0.1, -0.05) is 53.7 Å². The lowest BCUT2D eigenvalue weighted by molar-refractivity contribution is 0.309. The minimum Gasteiger partial charge on any atom is -0.369 e. The summed E-state index contributed by atoms with van der Waals surface area (Å²) in [5, 5.41) is 5.36. The van der Waals surface area contributed by atoms with E-state index in [2.05, 4.69) is 84.8 Å². The molecule has 0 saturated heterocycles. The van der Waals surface area contributed by atoms with Crippen LogP contribution in [0.5, 0.6) is 0 Å². The molecule has 0 spiro atoms. The van der Waals surface area contributed by atoms with Crippen molar-refractivity contribution < 1.29 is 0 Å². The Hall–Kier alpha value is -2.64. The van der Waals surface area contributed by atoms with Gasteiger partial charge in [-0.25, -0.2) is 9.97 Å². The second-order valence-corrected chi connectivity index (χ2v) is 10.5. The first-order valence-electron chi connectivity index (χ1n) is 11.8. The summed E-state index contributed by atoms with van der Waals surface area (Å²) in [6.07, 6.45) is 1.06.